The predicted octanol–water partition coefficient (Wildman–Crippen LogP) is 4.36. The molecule has 0 radical (unpaired) electrons. The van der Waals surface area contributed by atoms with Gasteiger partial charge >= 0.3 is 0 Å². The van der Waals surface area contributed by atoms with Crippen molar-refractivity contribution in [1.29, 1.82) is 0 Å². The Labute approximate surface area is 150 Å². The SMILES string of the molecule is CCCC1(CCC)CCC2(CCN(CCCN(C)C)CC2)CC1=O. The normalized spacial score (nSPS) is 24.0. The van der Waals surface area contributed by atoms with Crippen LogP contribution in [0, 0.1) is 10.8 Å². The van der Waals surface area contributed by atoms with E-state index >= 15 is 0 Å². The van der Waals surface area contributed by atoms with Crippen LogP contribution < -0.4 is 0 Å². The van der Waals surface area contributed by atoms with Gasteiger partial charge in [-0.1, -0.05) is 26.7 Å². The Hall–Kier alpha value is -0.410. The smallest absolute Gasteiger partial charge is 0.139 e. The summed E-state index contributed by atoms with van der Waals surface area (Å²) in [6.07, 6.45) is 11.6. The van der Waals surface area contributed by atoms with Gasteiger partial charge in [-0.05, 0) is 90.6 Å². The van der Waals surface area contributed by atoms with Crippen LogP contribution in [0.3, 0.4) is 0 Å². The summed E-state index contributed by atoms with van der Waals surface area (Å²) >= 11 is 0. The molecular weight excluding hydrogens is 296 g/mol. The van der Waals surface area contributed by atoms with Gasteiger partial charge in [0.05, 0.1) is 0 Å². The summed E-state index contributed by atoms with van der Waals surface area (Å²) in [6.45, 7) is 9.28. The fourth-order valence-corrected chi connectivity index (χ4v) is 5.16. The van der Waals surface area contributed by atoms with Gasteiger partial charge in [0, 0.05) is 11.8 Å². The Bertz CT molecular complexity index is 391. The van der Waals surface area contributed by atoms with Gasteiger partial charge in [0.25, 0.3) is 0 Å². The van der Waals surface area contributed by atoms with Gasteiger partial charge in [0.2, 0.25) is 0 Å². The number of ketones is 1. The number of Topliss-reactive ketones (excluding diaryl/α,β-unsaturated/α-hetero) is 1. The zero-order valence-corrected chi connectivity index (χ0v) is 16.7. The molecule has 0 bridgehead atoms. The van der Waals surface area contributed by atoms with Crippen molar-refractivity contribution in [2.24, 2.45) is 10.8 Å². The third-order valence-electron chi connectivity index (χ3n) is 6.71. The molecule has 0 aromatic carbocycles. The number of hydrogen-bond donors (Lipinski definition) is 0. The average molecular weight is 337 g/mol. The minimum Gasteiger partial charge on any atom is -0.309 e. The summed E-state index contributed by atoms with van der Waals surface area (Å²) in [5.41, 5.74) is 0.387. The van der Waals surface area contributed by atoms with Crippen molar-refractivity contribution in [1.82, 2.24) is 9.80 Å². The Morgan fingerprint density at radius 1 is 1.00 bits per heavy atom. The average Bonchev–Trinajstić information content (AvgIpc) is 2.54. The van der Waals surface area contributed by atoms with E-state index in [1.165, 1.54) is 51.9 Å². The molecule has 0 aromatic heterocycles. The third-order valence-corrected chi connectivity index (χ3v) is 6.71. The first kappa shape index (κ1) is 19.9. The summed E-state index contributed by atoms with van der Waals surface area (Å²) < 4.78 is 0. The van der Waals surface area contributed by atoms with E-state index in [2.05, 4.69) is 37.7 Å². The predicted molar refractivity (Wildman–Crippen MR) is 102 cm³/mol. The first-order valence-electron chi connectivity index (χ1n) is 10.4. The monoisotopic (exact) mass is 336 g/mol. The topological polar surface area (TPSA) is 23.6 Å². The number of nitrogens with zero attached hydrogens (tertiary/aromatic N) is 2. The van der Waals surface area contributed by atoms with E-state index in [0.29, 0.717) is 11.2 Å². The van der Waals surface area contributed by atoms with E-state index in [0.717, 1.165) is 38.5 Å². The molecule has 3 nitrogen and oxygen atoms in total. The second-order valence-electron chi connectivity index (χ2n) is 8.88. The number of rotatable bonds is 8. The first-order chi connectivity index (χ1) is 11.5. The molecule has 0 amide bonds. The maximum atomic E-state index is 13.1. The number of carbonyl (C=O) groups is 1. The Balaban J connectivity index is 1.86. The molecule has 2 rings (SSSR count). The molecule has 1 aliphatic heterocycles. The minimum absolute atomic E-state index is 0.0393. The Morgan fingerprint density at radius 2 is 1.62 bits per heavy atom. The van der Waals surface area contributed by atoms with Crippen LogP contribution in [0.15, 0.2) is 0 Å². The second kappa shape index (κ2) is 8.80. The molecule has 24 heavy (non-hydrogen) atoms. The van der Waals surface area contributed by atoms with Crippen molar-refractivity contribution < 1.29 is 4.79 Å². The lowest BCUT2D eigenvalue weighted by Gasteiger charge is -2.49. The molecule has 3 heteroatoms. The number of likely N-dealkylation sites (tertiary alicyclic amines) is 1. The molecule has 0 aromatic rings. The summed E-state index contributed by atoms with van der Waals surface area (Å²) in [6, 6.07) is 0. The molecule has 1 heterocycles. The van der Waals surface area contributed by atoms with Crippen molar-refractivity contribution in [3.63, 3.8) is 0 Å². The van der Waals surface area contributed by atoms with Gasteiger partial charge < -0.3 is 9.80 Å². The van der Waals surface area contributed by atoms with E-state index in [-0.39, 0.29) is 5.41 Å². The van der Waals surface area contributed by atoms with Gasteiger partial charge in [-0.25, -0.2) is 0 Å². The maximum absolute atomic E-state index is 13.1. The highest BCUT2D eigenvalue weighted by molar-refractivity contribution is 5.86. The molecule has 0 N–H and O–H groups in total. The summed E-state index contributed by atoms with van der Waals surface area (Å²) in [5, 5.41) is 0. The maximum Gasteiger partial charge on any atom is 0.139 e. The summed E-state index contributed by atoms with van der Waals surface area (Å²) in [7, 11) is 4.30. The van der Waals surface area contributed by atoms with E-state index < -0.39 is 0 Å². The molecule has 2 aliphatic rings. The van der Waals surface area contributed by atoms with Gasteiger partial charge in [0.15, 0.2) is 0 Å². The van der Waals surface area contributed by atoms with E-state index in [1.807, 2.05) is 0 Å². The lowest BCUT2D eigenvalue weighted by molar-refractivity contribution is -0.139. The number of piperidine rings is 1. The zero-order valence-electron chi connectivity index (χ0n) is 16.7. The molecule has 0 atom stereocenters. The molecule has 2 fully saturated rings. The largest absolute Gasteiger partial charge is 0.309 e. The molecule has 0 unspecified atom stereocenters. The van der Waals surface area contributed by atoms with Crippen LogP contribution in [0.25, 0.3) is 0 Å². The standard InChI is InChI=1S/C21H40N2O/c1-5-8-21(9-6-2)11-10-20(18-19(21)24)12-16-23(17-13-20)15-7-14-22(3)4/h5-18H2,1-4H3. The molecule has 1 saturated heterocycles. The van der Waals surface area contributed by atoms with Crippen molar-refractivity contribution in [3.05, 3.63) is 0 Å². The van der Waals surface area contributed by atoms with Gasteiger partial charge in [0.1, 0.15) is 5.78 Å². The molecule has 1 saturated carbocycles. The molecule has 140 valence electrons. The Morgan fingerprint density at radius 3 is 2.12 bits per heavy atom. The number of carbonyl (C=O) groups excluding carboxylic acids is 1. The van der Waals surface area contributed by atoms with Crippen molar-refractivity contribution in [2.75, 3.05) is 40.3 Å². The number of hydrogen-bond acceptors (Lipinski definition) is 3. The first-order valence-corrected chi connectivity index (χ1v) is 10.4. The van der Waals surface area contributed by atoms with E-state index in [9.17, 15) is 4.79 Å². The quantitative estimate of drug-likeness (QED) is 0.658. The van der Waals surface area contributed by atoms with E-state index in [4.69, 9.17) is 0 Å². The van der Waals surface area contributed by atoms with Gasteiger partial charge in [-0.2, -0.15) is 0 Å². The van der Waals surface area contributed by atoms with Crippen LogP contribution in [0.2, 0.25) is 0 Å². The molecule has 1 aliphatic carbocycles. The fourth-order valence-electron chi connectivity index (χ4n) is 5.16. The summed E-state index contributed by atoms with van der Waals surface area (Å²) in [5.74, 6) is 0.610. The van der Waals surface area contributed by atoms with Crippen LogP contribution >= 0.6 is 0 Å². The van der Waals surface area contributed by atoms with Crippen LogP contribution in [0.1, 0.15) is 78.1 Å². The van der Waals surface area contributed by atoms with E-state index in [1.54, 1.807) is 0 Å². The second-order valence-corrected chi connectivity index (χ2v) is 8.88. The molecular formula is C21H40N2O. The van der Waals surface area contributed by atoms with Crippen LogP contribution in [0.4, 0.5) is 0 Å². The summed E-state index contributed by atoms with van der Waals surface area (Å²) in [4.78, 5) is 18.0. The minimum atomic E-state index is 0.0393. The van der Waals surface area contributed by atoms with Crippen molar-refractivity contribution in [2.45, 2.75) is 78.1 Å². The highest BCUT2D eigenvalue weighted by atomic mass is 16.1. The Kier molecular flexibility index (Phi) is 7.30. The van der Waals surface area contributed by atoms with Gasteiger partial charge in [-0.3, -0.25) is 4.79 Å². The van der Waals surface area contributed by atoms with Crippen LogP contribution in [-0.4, -0.2) is 55.9 Å². The van der Waals surface area contributed by atoms with Crippen LogP contribution in [-0.2, 0) is 4.79 Å². The van der Waals surface area contributed by atoms with Crippen molar-refractivity contribution in [3.8, 4) is 0 Å². The lowest BCUT2D eigenvalue weighted by atomic mass is 9.57. The lowest BCUT2D eigenvalue weighted by Crippen LogP contribution is -2.48. The fraction of sp³-hybridized carbons (Fsp3) is 0.952. The molecule has 1 spiro atoms. The zero-order chi connectivity index (χ0) is 17.6. The highest BCUT2D eigenvalue weighted by Gasteiger charge is 2.48. The van der Waals surface area contributed by atoms with Crippen LogP contribution in [0.5, 0.6) is 0 Å². The third kappa shape index (κ3) is 4.82. The highest BCUT2D eigenvalue weighted by Crippen LogP contribution is 2.52. The van der Waals surface area contributed by atoms with Crippen molar-refractivity contribution >= 4 is 5.78 Å². The van der Waals surface area contributed by atoms with Gasteiger partial charge in [-0.15, -0.1) is 0 Å².